The lowest BCUT2D eigenvalue weighted by molar-refractivity contribution is 0.208. The van der Waals surface area contributed by atoms with Crippen LogP contribution < -0.4 is 9.26 Å². The highest BCUT2D eigenvalue weighted by molar-refractivity contribution is 7.48. The zero-order chi connectivity index (χ0) is 12.9. The van der Waals surface area contributed by atoms with Crippen molar-refractivity contribution in [3.8, 4) is 17.1 Å². The summed E-state index contributed by atoms with van der Waals surface area (Å²) in [6, 6.07) is 1.86. The van der Waals surface area contributed by atoms with Crippen molar-refractivity contribution in [3.05, 3.63) is 4.88 Å². The molecule has 0 atom stereocenters. The number of ether oxygens (including phenoxy) is 1. The van der Waals surface area contributed by atoms with E-state index >= 15 is 0 Å². The molecule has 0 aliphatic heterocycles. The van der Waals surface area contributed by atoms with Gasteiger partial charge in [0.15, 0.2) is 4.88 Å². The fraction of sp³-hybridized carbons (Fsp3) is 0.500. The van der Waals surface area contributed by atoms with E-state index in [2.05, 4.69) is 14.0 Å². The van der Waals surface area contributed by atoms with Crippen LogP contribution in [0.4, 0.5) is 0 Å². The van der Waals surface area contributed by atoms with Gasteiger partial charge < -0.3 is 9.26 Å². The van der Waals surface area contributed by atoms with Gasteiger partial charge in [-0.15, -0.1) is 0 Å². The molecule has 0 saturated carbocycles. The predicted octanol–water partition coefficient (Wildman–Crippen LogP) is 2.19. The molecule has 0 spiro atoms. The number of thiazole rings is 1. The van der Waals surface area contributed by atoms with E-state index in [0.29, 0.717) is 6.61 Å². The molecule has 0 radical (unpaired) electrons. The van der Waals surface area contributed by atoms with Crippen molar-refractivity contribution in [2.45, 2.75) is 6.92 Å². The number of nitrogens with zero attached hydrogens (tertiary/aromatic N) is 2. The molecule has 1 aromatic rings. The second-order valence-corrected chi connectivity index (χ2v) is 5.33. The van der Waals surface area contributed by atoms with E-state index in [0.717, 1.165) is 11.3 Å². The molecule has 1 rings (SSSR count). The summed E-state index contributed by atoms with van der Waals surface area (Å²) in [4.78, 5) is 4.01. The van der Waals surface area contributed by atoms with Crippen LogP contribution in [0.2, 0.25) is 0 Å². The first kappa shape index (κ1) is 13.9. The Labute approximate surface area is 103 Å². The summed E-state index contributed by atoms with van der Waals surface area (Å²) < 4.78 is 30.9. The summed E-state index contributed by atoms with van der Waals surface area (Å²) in [5.74, 6) is -0.118. The van der Waals surface area contributed by atoms with E-state index < -0.39 is 7.82 Å². The van der Waals surface area contributed by atoms with Gasteiger partial charge in [-0.3, -0.25) is 9.05 Å². The summed E-state index contributed by atoms with van der Waals surface area (Å²) in [6.45, 7) is 2.19. The van der Waals surface area contributed by atoms with Crippen molar-refractivity contribution >= 4 is 19.2 Å². The molecule has 0 N–H and O–H groups in total. The molecule has 7 nitrogen and oxygen atoms in total. The van der Waals surface area contributed by atoms with Crippen molar-refractivity contribution in [3.63, 3.8) is 0 Å². The average Bonchev–Trinajstić information content (AvgIpc) is 2.71. The second kappa shape index (κ2) is 5.98. The van der Waals surface area contributed by atoms with E-state index in [-0.39, 0.29) is 16.0 Å². The molecule has 0 fully saturated rings. The third-order valence-electron chi connectivity index (χ3n) is 1.59. The molecule has 0 bridgehead atoms. The van der Waals surface area contributed by atoms with E-state index in [1.54, 1.807) is 6.92 Å². The number of nitriles is 1. The highest BCUT2D eigenvalue weighted by atomic mass is 32.1. The highest BCUT2D eigenvalue weighted by Crippen LogP contribution is 2.49. The van der Waals surface area contributed by atoms with E-state index in [1.165, 1.54) is 14.2 Å². The van der Waals surface area contributed by atoms with E-state index in [9.17, 15) is 4.57 Å². The van der Waals surface area contributed by atoms with Crippen LogP contribution in [0.15, 0.2) is 0 Å². The molecule has 9 heteroatoms. The summed E-state index contributed by atoms with van der Waals surface area (Å²) >= 11 is 0.994. The van der Waals surface area contributed by atoms with Crippen molar-refractivity contribution in [1.82, 2.24) is 4.98 Å². The Kier molecular flexibility index (Phi) is 4.90. The minimum atomic E-state index is -3.71. The summed E-state index contributed by atoms with van der Waals surface area (Å²) in [5.41, 5.74) is 0. The molecule has 0 amide bonds. The van der Waals surface area contributed by atoms with Gasteiger partial charge in [0.2, 0.25) is 0 Å². The maximum atomic E-state index is 11.7. The van der Waals surface area contributed by atoms with Crippen LogP contribution in [0.1, 0.15) is 11.8 Å². The number of hydrogen-bond acceptors (Lipinski definition) is 8. The van der Waals surface area contributed by atoms with Crippen molar-refractivity contribution in [2.75, 3.05) is 20.8 Å². The molecule has 0 aliphatic carbocycles. The largest absolute Gasteiger partial charge is 0.530 e. The fourth-order valence-electron chi connectivity index (χ4n) is 0.860. The van der Waals surface area contributed by atoms with Crippen molar-refractivity contribution in [1.29, 1.82) is 5.26 Å². The quantitative estimate of drug-likeness (QED) is 0.736. The highest BCUT2D eigenvalue weighted by Gasteiger charge is 2.28. The molecular weight excluding hydrogens is 267 g/mol. The molecule has 94 valence electrons. The second-order valence-electron chi connectivity index (χ2n) is 2.56. The molecule has 1 aromatic heterocycles. The molecule has 0 aliphatic rings. The zero-order valence-electron chi connectivity index (χ0n) is 9.50. The number of rotatable bonds is 6. The zero-order valence-corrected chi connectivity index (χ0v) is 11.2. The number of phosphoric ester groups is 1. The Morgan fingerprint density at radius 1 is 1.47 bits per heavy atom. The summed E-state index contributed by atoms with van der Waals surface area (Å²) in [6.07, 6.45) is 0. The molecule has 17 heavy (non-hydrogen) atoms. The lowest BCUT2D eigenvalue weighted by Gasteiger charge is -2.11. The lowest BCUT2D eigenvalue weighted by atomic mass is 10.6. The van der Waals surface area contributed by atoms with Crippen LogP contribution >= 0.6 is 19.2 Å². The number of hydrogen-bond donors (Lipinski definition) is 0. The Bertz CT molecular complexity index is 461. The Balaban J connectivity index is 2.98. The van der Waals surface area contributed by atoms with Crippen molar-refractivity contribution in [2.24, 2.45) is 0 Å². The van der Waals surface area contributed by atoms with Gasteiger partial charge in [0, 0.05) is 14.2 Å². The maximum absolute atomic E-state index is 11.7. The monoisotopic (exact) mass is 278 g/mol. The van der Waals surface area contributed by atoms with Crippen LogP contribution in [0, 0.1) is 11.3 Å². The van der Waals surface area contributed by atoms with Crippen LogP contribution in [0.5, 0.6) is 11.1 Å². The van der Waals surface area contributed by atoms with Gasteiger partial charge in [-0.1, -0.05) is 11.3 Å². The van der Waals surface area contributed by atoms with Gasteiger partial charge in [-0.25, -0.2) is 4.57 Å². The number of aromatic nitrogens is 1. The van der Waals surface area contributed by atoms with Gasteiger partial charge in [0.1, 0.15) is 6.07 Å². The first-order chi connectivity index (χ1) is 8.08. The lowest BCUT2D eigenvalue weighted by Crippen LogP contribution is -1.98. The van der Waals surface area contributed by atoms with Crippen LogP contribution in [-0.2, 0) is 13.6 Å². The molecule has 1 heterocycles. The van der Waals surface area contributed by atoms with Gasteiger partial charge >= 0.3 is 7.82 Å². The Hall–Kier alpha value is -1.13. The molecule has 0 unspecified atom stereocenters. The van der Waals surface area contributed by atoms with Crippen molar-refractivity contribution < 1.29 is 22.9 Å². The minimum Gasteiger partial charge on any atom is -0.470 e. The minimum absolute atomic E-state index is 0.118. The first-order valence-corrected chi connectivity index (χ1v) is 6.81. The predicted molar refractivity (Wildman–Crippen MR) is 60.3 cm³/mol. The summed E-state index contributed by atoms with van der Waals surface area (Å²) in [5, 5.41) is 9.12. The standard InChI is InChI=1S/C8H11N2O5PS/c1-4-14-8-10-7(6(5-9)17-8)15-16(11,12-2)13-3/h4H2,1-3H3. The van der Waals surface area contributed by atoms with Crippen LogP contribution in [0.25, 0.3) is 0 Å². The number of phosphoric acid groups is 1. The normalized spacial score (nSPS) is 10.9. The van der Waals surface area contributed by atoms with Crippen LogP contribution in [-0.4, -0.2) is 25.8 Å². The molecule has 0 aromatic carbocycles. The smallest absolute Gasteiger partial charge is 0.470 e. The SMILES string of the molecule is CCOc1nc(OP(=O)(OC)OC)c(C#N)s1. The fourth-order valence-corrected chi connectivity index (χ4v) is 2.26. The molecular formula is C8H11N2O5PS. The topological polar surface area (TPSA) is 90.7 Å². The summed E-state index contributed by atoms with van der Waals surface area (Å²) in [7, 11) is -1.37. The van der Waals surface area contributed by atoms with E-state index in [1.807, 2.05) is 6.07 Å². The first-order valence-electron chi connectivity index (χ1n) is 4.53. The van der Waals surface area contributed by atoms with Gasteiger partial charge in [0.25, 0.3) is 11.1 Å². The third-order valence-corrected chi connectivity index (χ3v) is 3.74. The third kappa shape index (κ3) is 3.41. The van der Waals surface area contributed by atoms with Gasteiger partial charge in [-0.05, 0) is 6.92 Å². The van der Waals surface area contributed by atoms with Gasteiger partial charge in [-0.2, -0.15) is 10.2 Å². The maximum Gasteiger partial charge on any atom is 0.530 e. The van der Waals surface area contributed by atoms with Crippen LogP contribution in [0.3, 0.4) is 0 Å². The van der Waals surface area contributed by atoms with Gasteiger partial charge in [0.05, 0.1) is 6.61 Å². The Morgan fingerprint density at radius 2 is 2.12 bits per heavy atom. The Morgan fingerprint density at radius 3 is 2.59 bits per heavy atom. The van der Waals surface area contributed by atoms with E-state index in [4.69, 9.17) is 14.5 Å². The molecule has 0 saturated heterocycles. The average molecular weight is 278 g/mol.